The maximum absolute atomic E-state index is 13.1. The minimum atomic E-state index is -2.57. The quantitative estimate of drug-likeness (QED) is 0.651. The van der Waals surface area contributed by atoms with Crippen LogP contribution in [0.4, 0.5) is 8.78 Å². The number of hydrogen-bond donors (Lipinski definition) is 0. The van der Waals surface area contributed by atoms with Gasteiger partial charge in [0.1, 0.15) is 5.69 Å². The molecule has 4 heteroatoms. The molecule has 0 N–H and O–H groups in total. The summed E-state index contributed by atoms with van der Waals surface area (Å²) < 4.78 is 27.8. The molecule has 0 aliphatic carbocycles. The van der Waals surface area contributed by atoms with E-state index in [1.807, 2.05) is 62.4 Å². The summed E-state index contributed by atoms with van der Waals surface area (Å²) in [5.41, 5.74) is 4.75. The lowest BCUT2D eigenvalue weighted by Gasteiger charge is -2.08. The molecule has 0 spiro atoms. The summed E-state index contributed by atoms with van der Waals surface area (Å²) in [5, 5.41) is 4.09. The van der Waals surface area contributed by atoms with Crippen LogP contribution in [-0.4, -0.2) is 9.78 Å². The standard InChI is InChI=1S/C19H18F2N2/c1-13-3-7-15(8-4-13)12-23-18(11-17(22-23)19(20)21)16-9-5-14(2)6-10-16/h3-11,19H,12H2,1-2H3. The molecule has 0 amide bonds. The lowest BCUT2D eigenvalue weighted by atomic mass is 10.1. The van der Waals surface area contributed by atoms with Crippen LogP contribution in [-0.2, 0) is 6.54 Å². The topological polar surface area (TPSA) is 17.8 Å². The largest absolute Gasteiger partial charge is 0.282 e. The van der Waals surface area contributed by atoms with Gasteiger partial charge in [0.25, 0.3) is 6.43 Å². The van der Waals surface area contributed by atoms with Crippen LogP contribution in [0, 0.1) is 13.8 Å². The monoisotopic (exact) mass is 312 g/mol. The van der Waals surface area contributed by atoms with Crippen LogP contribution in [0.1, 0.15) is 28.8 Å². The van der Waals surface area contributed by atoms with Gasteiger partial charge in [-0.15, -0.1) is 0 Å². The summed E-state index contributed by atoms with van der Waals surface area (Å²) in [7, 11) is 0. The fraction of sp³-hybridized carbons (Fsp3) is 0.211. The average molecular weight is 312 g/mol. The normalized spacial score (nSPS) is 11.2. The summed E-state index contributed by atoms with van der Waals surface area (Å²) in [4.78, 5) is 0. The maximum atomic E-state index is 13.1. The summed E-state index contributed by atoms with van der Waals surface area (Å²) in [6.07, 6.45) is -2.57. The van der Waals surface area contributed by atoms with Crippen LogP contribution in [0.5, 0.6) is 0 Å². The van der Waals surface area contributed by atoms with Crippen molar-refractivity contribution in [2.45, 2.75) is 26.8 Å². The Labute approximate surface area is 134 Å². The van der Waals surface area contributed by atoms with Crippen LogP contribution in [0.25, 0.3) is 11.3 Å². The smallest absolute Gasteiger partial charge is 0.260 e. The van der Waals surface area contributed by atoms with Crippen molar-refractivity contribution in [3.05, 3.63) is 77.0 Å². The second kappa shape index (κ2) is 6.32. The van der Waals surface area contributed by atoms with Gasteiger partial charge in [-0.2, -0.15) is 5.10 Å². The lowest BCUT2D eigenvalue weighted by molar-refractivity contribution is 0.145. The molecular formula is C19H18F2N2. The third kappa shape index (κ3) is 3.47. The summed E-state index contributed by atoms with van der Waals surface area (Å²) in [6.45, 7) is 4.48. The van der Waals surface area contributed by atoms with Gasteiger partial charge >= 0.3 is 0 Å². The van der Waals surface area contributed by atoms with Gasteiger partial charge in [-0.3, -0.25) is 4.68 Å². The molecule has 0 saturated heterocycles. The van der Waals surface area contributed by atoms with E-state index in [0.29, 0.717) is 12.2 Å². The highest BCUT2D eigenvalue weighted by atomic mass is 19.3. The number of alkyl halides is 2. The Morgan fingerprint density at radius 1 is 0.913 bits per heavy atom. The van der Waals surface area contributed by atoms with E-state index in [1.54, 1.807) is 4.68 Å². The zero-order valence-corrected chi connectivity index (χ0v) is 13.1. The first-order valence-electron chi connectivity index (χ1n) is 7.51. The van der Waals surface area contributed by atoms with Gasteiger partial charge in [0.15, 0.2) is 0 Å². The summed E-state index contributed by atoms with van der Waals surface area (Å²) in [6, 6.07) is 17.3. The Kier molecular flexibility index (Phi) is 4.24. The third-order valence-electron chi connectivity index (χ3n) is 3.82. The van der Waals surface area contributed by atoms with Crippen molar-refractivity contribution in [1.29, 1.82) is 0 Å². The molecule has 118 valence electrons. The van der Waals surface area contributed by atoms with Crippen molar-refractivity contribution in [3.63, 3.8) is 0 Å². The van der Waals surface area contributed by atoms with Gasteiger partial charge in [0.2, 0.25) is 0 Å². The Balaban J connectivity index is 2.00. The number of benzene rings is 2. The van der Waals surface area contributed by atoms with Gasteiger partial charge < -0.3 is 0 Å². The number of rotatable bonds is 4. The predicted octanol–water partition coefficient (Wildman–Crippen LogP) is 5.15. The zero-order chi connectivity index (χ0) is 16.4. The molecular weight excluding hydrogens is 294 g/mol. The molecule has 3 rings (SSSR count). The third-order valence-corrected chi connectivity index (χ3v) is 3.82. The molecule has 0 radical (unpaired) electrons. The van der Waals surface area contributed by atoms with Gasteiger partial charge in [0.05, 0.1) is 12.2 Å². The highest BCUT2D eigenvalue weighted by Crippen LogP contribution is 2.26. The molecule has 0 bridgehead atoms. The van der Waals surface area contributed by atoms with E-state index in [0.717, 1.165) is 16.7 Å². The van der Waals surface area contributed by atoms with Crippen LogP contribution >= 0.6 is 0 Å². The minimum Gasteiger partial charge on any atom is -0.260 e. The summed E-state index contributed by atoms with van der Waals surface area (Å²) >= 11 is 0. The lowest BCUT2D eigenvalue weighted by Crippen LogP contribution is -2.04. The van der Waals surface area contributed by atoms with Gasteiger partial charge in [-0.25, -0.2) is 8.78 Å². The Morgan fingerprint density at radius 2 is 1.48 bits per heavy atom. The van der Waals surface area contributed by atoms with E-state index in [4.69, 9.17) is 0 Å². The maximum Gasteiger partial charge on any atom is 0.282 e. The van der Waals surface area contributed by atoms with E-state index >= 15 is 0 Å². The first-order chi connectivity index (χ1) is 11.0. The van der Waals surface area contributed by atoms with E-state index in [-0.39, 0.29) is 5.69 Å². The fourth-order valence-corrected chi connectivity index (χ4v) is 2.49. The van der Waals surface area contributed by atoms with Crippen LogP contribution in [0.3, 0.4) is 0 Å². The van der Waals surface area contributed by atoms with Crippen molar-refractivity contribution >= 4 is 0 Å². The fourth-order valence-electron chi connectivity index (χ4n) is 2.49. The molecule has 0 unspecified atom stereocenters. The highest BCUT2D eigenvalue weighted by Gasteiger charge is 2.16. The molecule has 0 fully saturated rings. The zero-order valence-electron chi connectivity index (χ0n) is 13.1. The van der Waals surface area contributed by atoms with Gasteiger partial charge in [0, 0.05) is 0 Å². The van der Waals surface area contributed by atoms with Crippen LogP contribution in [0.15, 0.2) is 54.6 Å². The van der Waals surface area contributed by atoms with Crippen molar-refractivity contribution in [1.82, 2.24) is 9.78 Å². The number of aryl methyl sites for hydroxylation is 2. The molecule has 23 heavy (non-hydrogen) atoms. The molecule has 1 aromatic heterocycles. The number of nitrogens with zero attached hydrogens (tertiary/aromatic N) is 2. The number of aromatic nitrogens is 2. The van der Waals surface area contributed by atoms with Gasteiger partial charge in [-0.05, 0) is 31.0 Å². The molecule has 0 saturated carbocycles. The first kappa shape index (κ1) is 15.4. The molecule has 2 nitrogen and oxygen atoms in total. The van der Waals surface area contributed by atoms with Crippen LogP contribution < -0.4 is 0 Å². The Hall–Kier alpha value is -2.49. The SMILES string of the molecule is Cc1ccc(Cn2nc(C(F)F)cc2-c2ccc(C)cc2)cc1. The van der Waals surface area contributed by atoms with Crippen molar-refractivity contribution in [2.24, 2.45) is 0 Å². The average Bonchev–Trinajstić information content (AvgIpc) is 2.94. The summed E-state index contributed by atoms with van der Waals surface area (Å²) in [5.74, 6) is 0. The van der Waals surface area contributed by atoms with E-state index in [9.17, 15) is 8.78 Å². The van der Waals surface area contributed by atoms with Crippen molar-refractivity contribution < 1.29 is 8.78 Å². The van der Waals surface area contributed by atoms with Gasteiger partial charge in [-0.1, -0.05) is 59.7 Å². The molecule has 0 aliphatic rings. The minimum absolute atomic E-state index is 0.187. The molecule has 1 heterocycles. The second-order valence-electron chi connectivity index (χ2n) is 5.76. The van der Waals surface area contributed by atoms with E-state index in [1.165, 1.54) is 11.6 Å². The molecule has 0 aliphatic heterocycles. The van der Waals surface area contributed by atoms with E-state index < -0.39 is 6.43 Å². The second-order valence-corrected chi connectivity index (χ2v) is 5.76. The Bertz CT molecular complexity index is 787. The first-order valence-corrected chi connectivity index (χ1v) is 7.51. The Morgan fingerprint density at radius 3 is 2.04 bits per heavy atom. The molecule has 0 atom stereocenters. The van der Waals surface area contributed by atoms with Crippen LogP contribution in [0.2, 0.25) is 0 Å². The highest BCUT2D eigenvalue weighted by molar-refractivity contribution is 5.60. The van der Waals surface area contributed by atoms with Crippen molar-refractivity contribution in [2.75, 3.05) is 0 Å². The number of hydrogen-bond acceptors (Lipinski definition) is 1. The predicted molar refractivity (Wildman–Crippen MR) is 87.6 cm³/mol. The molecule has 3 aromatic rings. The molecule has 2 aromatic carbocycles. The number of halogens is 2. The van der Waals surface area contributed by atoms with E-state index in [2.05, 4.69) is 5.10 Å². The van der Waals surface area contributed by atoms with Crippen molar-refractivity contribution in [3.8, 4) is 11.3 Å².